The van der Waals surface area contributed by atoms with Crippen LogP contribution in [0.2, 0.25) is 10.0 Å². The Labute approximate surface area is 160 Å². The summed E-state index contributed by atoms with van der Waals surface area (Å²) in [5, 5.41) is 12.7. The van der Waals surface area contributed by atoms with Crippen molar-refractivity contribution in [3.63, 3.8) is 0 Å². The van der Waals surface area contributed by atoms with Crippen LogP contribution >= 0.6 is 23.2 Å². The Kier molecular flexibility index (Phi) is 5.60. The molecule has 1 heterocycles. The predicted molar refractivity (Wildman–Crippen MR) is 103 cm³/mol. The number of ether oxygens (including phenoxy) is 1. The van der Waals surface area contributed by atoms with Crippen molar-refractivity contribution in [1.29, 1.82) is 0 Å². The minimum atomic E-state index is 0.304. The second-order valence-electron chi connectivity index (χ2n) is 5.39. The standard InChI is InChI=1S/C17H16Cl2N6O/c1-11-22-24-17(25(11)20)23-21-9-13-7-14(18)8-15(19)16(13)26-10-12-5-3-2-4-6-12/h2-9H,10,20H2,1H3,(H,23,24). The van der Waals surface area contributed by atoms with E-state index >= 15 is 0 Å². The van der Waals surface area contributed by atoms with E-state index in [0.717, 1.165) is 5.56 Å². The molecule has 26 heavy (non-hydrogen) atoms. The van der Waals surface area contributed by atoms with Crippen molar-refractivity contribution in [3.8, 4) is 5.75 Å². The van der Waals surface area contributed by atoms with Gasteiger partial charge < -0.3 is 10.6 Å². The molecule has 0 aliphatic heterocycles. The topological polar surface area (TPSA) is 90.4 Å². The summed E-state index contributed by atoms with van der Waals surface area (Å²) in [5.41, 5.74) is 4.35. The quantitative estimate of drug-likeness (QED) is 0.381. The zero-order valence-corrected chi connectivity index (χ0v) is 15.4. The van der Waals surface area contributed by atoms with E-state index in [0.29, 0.717) is 39.7 Å². The number of halogens is 2. The zero-order chi connectivity index (χ0) is 18.5. The largest absolute Gasteiger partial charge is 0.487 e. The molecule has 3 N–H and O–H groups in total. The van der Waals surface area contributed by atoms with E-state index in [1.165, 1.54) is 10.9 Å². The SMILES string of the molecule is Cc1nnc(NN=Cc2cc(Cl)cc(Cl)c2OCc2ccccc2)n1N. The summed E-state index contributed by atoms with van der Waals surface area (Å²) in [4.78, 5) is 0. The molecule has 134 valence electrons. The second kappa shape index (κ2) is 8.07. The summed E-state index contributed by atoms with van der Waals surface area (Å²) in [6.45, 7) is 2.10. The lowest BCUT2D eigenvalue weighted by molar-refractivity contribution is 0.306. The zero-order valence-electron chi connectivity index (χ0n) is 13.9. The Bertz CT molecular complexity index is 927. The Morgan fingerprint density at radius 2 is 2.00 bits per heavy atom. The molecule has 1 aromatic heterocycles. The van der Waals surface area contributed by atoms with E-state index in [2.05, 4.69) is 20.7 Å². The van der Waals surface area contributed by atoms with Crippen molar-refractivity contribution in [2.75, 3.05) is 11.3 Å². The summed E-state index contributed by atoms with van der Waals surface area (Å²) in [6.07, 6.45) is 1.53. The Morgan fingerprint density at radius 3 is 2.69 bits per heavy atom. The fourth-order valence-electron chi connectivity index (χ4n) is 2.16. The van der Waals surface area contributed by atoms with Crippen molar-refractivity contribution < 1.29 is 4.74 Å². The average molecular weight is 391 g/mol. The molecule has 0 amide bonds. The summed E-state index contributed by atoms with van der Waals surface area (Å²) >= 11 is 12.4. The van der Waals surface area contributed by atoms with Gasteiger partial charge in [-0.2, -0.15) is 5.10 Å². The van der Waals surface area contributed by atoms with E-state index < -0.39 is 0 Å². The van der Waals surface area contributed by atoms with Crippen molar-refractivity contribution >= 4 is 35.4 Å². The van der Waals surface area contributed by atoms with E-state index in [-0.39, 0.29) is 0 Å². The first-order valence-electron chi connectivity index (χ1n) is 7.66. The van der Waals surface area contributed by atoms with E-state index in [4.69, 9.17) is 33.8 Å². The van der Waals surface area contributed by atoms with Crippen LogP contribution in [0, 0.1) is 6.92 Å². The van der Waals surface area contributed by atoms with E-state index in [1.807, 2.05) is 30.3 Å². The highest BCUT2D eigenvalue weighted by atomic mass is 35.5. The van der Waals surface area contributed by atoms with Crippen LogP contribution in [-0.4, -0.2) is 21.1 Å². The summed E-state index contributed by atoms with van der Waals surface area (Å²) in [7, 11) is 0. The van der Waals surface area contributed by atoms with E-state index in [9.17, 15) is 0 Å². The maximum Gasteiger partial charge on any atom is 0.263 e. The number of hydrogen-bond donors (Lipinski definition) is 2. The number of aromatic nitrogens is 3. The van der Waals surface area contributed by atoms with Gasteiger partial charge in [0, 0.05) is 10.6 Å². The number of hydrogen-bond acceptors (Lipinski definition) is 6. The van der Waals surface area contributed by atoms with Crippen molar-refractivity contribution in [2.45, 2.75) is 13.5 Å². The van der Waals surface area contributed by atoms with Crippen LogP contribution in [0.15, 0.2) is 47.6 Å². The third-order valence-electron chi connectivity index (χ3n) is 3.50. The van der Waals surface area contributed by atoms with Crippen LogP contribution in [0.5, 0.6) is 5.75 Å². The molecule has 0 unspecified atom stereocenters. The van der Waals surface area contributed by atoms with Gasteiger partial charge in [-0.1, -0.05) is 53.5 Å². The molecule has 9 heteroatoms. The average Bonchev–Trinajstić information content (AvgIpc) is 2.94. The highest BCUT2D eigenvalue weighted by molar-refractivity contribution is 6.36. The smallest absolute Gasteiger partial charge is 0.263 e. The van der Waals surface area contributed by atoms with Crippen LogP contribution < -0.4 is 16.0 Å². The van der Waals surface area contributed by atoms with Crippen LogP contribution in [0.25, 0.3) is 0 Å². The molecule has 0 bridgehead atoms. The number of rotatable bonds is 6. The first kappa shape index (κ1) is 18.0. The Balaban J connectivity index is 1.79. The predicted octanol–water partition coefficient (Wildman–Crippen LogP) is 3.63. The third-order valence-corrected chi connectivity index (χ3v) is 4.00. The molecule has 2 aromatic carbocycles. The minimum Gasteiger partial charge on any atom is -0.487 e. The van der Waals surface area contributed by atoms with Gasteiger partial charge in [-0.25, -0.2) is 10.1 Å². The van der Waals surface area contributed by atoms with Crippen molar-refractivity contribution in [2.24, 2.45) is 5.10 Å². The molecule has 0 spiro atoms. The van der Waals surface area contributed by atoms with Gasteiger partial charge in [-0.05, 0) is 24.6 Å². The second-order valence-corrected chi connectivity index (χ2v) is 6.23. The van der Waals surface area contributed by atoms with Gasteiger partial charge in [0.1, 0.15) is 12.4 Å². The fourth-order valence-corrected chi connectivity index (χ4v) is 2.73. The summed E-state index contributed by atoms with van der Waals surface area (Å²) in [6, 6.07) is 13.1. The summed E-state index contributed by atoms with van der Waals surface area (Å²) in [5.74, 6) is 7.10. The van der Waals surface area contributed by atoms with Crippen LogP contribution in [0.4, 0.5) is 5.95 Å². The minimum absolute atomic E-state index is 0.304. The van der Waals surface area contributed by atoms with Gasteiger partial charge in [0.15, 0.2) is 5.82 Å². The molecule has 0 saturated carbocycles. The van der Waals surface area contributed by atoms with Crippen molar-refractivity contribution in [3.05, 3.63) is 69.5 Å². The lowest BCUT2D eigenvalue weighted by atomic mass is 10.2. The van der Waals surface area contributed by atoms with Crippen LogP contribution in [0.1, 0.15) is 17.0 Å². The molecule has 3 aromatic rings. The number of aryl methyl sites for hydroxylation is 1. The fraction of sp³-hybridized carbons (Fsp3) is 0.118. The highest BCUT2D eigenvalue weighted by Crippen LogP contribution is 2.32. The van der Waals surface area contributed by atoms with E-state index in [1.54, 1.807) is 19.1 Å². The molecular formula is C17H16Cl2N6O. The molecule has 0 aliphatic rings. The number of nitrogens with one attached hydrogen (secondary N) is 1. The van der Waals surface area contributed by atoms with Gasteiger partial charge in [0.05, 0.1) is 11.2 Å². The first-order valence-corrected chi connectivity index (χ1v) is 8.42. The molecule has 0 fully saturated rings. The molecule has 0 saturated heterocycles. The molecule has 0 atom stereocenters. The third kappa shape index (κ3) is 4.25. The van der Waals surface area contributed by atoms with Gasteiger partial charge in [0.2, 0.25) is 0 Å². The molecular weight excluding hydrogens is 375 g/mol. The van der Waals surface area contributed by atoms with Crippen LogP contribution in [0.3, 0.4) is 0 Å². The Morgan fingerprint density at radius 1 is 1.23 bits per heavy atom. The highest BCUT2D eigenvalue weighted by Gasteiger charge is 2.10. The molecule has 0 aliphatic carbocycles. The Hall–Kier alpha value is -2.77. The number of nitrogens with two attached hydrogens (primary N) is 1. The van der Waals surface area contributed by atoms with Gasteiger partial charge in [0.25, 0.3) is 5.95 Å². The first-order chi connectivity index (χ1) is 12.5. The lowest BCUT2D eigenvalue weighted by Gasteiger charge is -2.11. The number of nitrogen functional groups attached to an aromatic ring is 1. The van der Waals surface area contributed by atoms with Gasteiger partial charge in [-0.15, -0.1) is 10.2 Å². The molecule has 0 radical (unpaired) electrons. The molecule has 3 rings (SSSR count). The summed E-state index contributed by atoms with van der Waals surface area (Å²) < 4.78 is 7.16. The number of hydrazone groups is 1. The monoisotopic (exact) mass is 390 g/mol. The van der Waals surface area contributed by atoms with Crippen LogP contribution in [-0.2, 0) is 6.61 Å². The van der Waals surface area contributed by atoms with Crippen molar-refractivity contribution in [1.82, 2.24) is 14.9 Å². The normalized spacial score (nSPS) is 11.0. The molecule has 7 nitrogen and oxygen atoms in total. The number of nitrogens with zero attached hydrogens (tertiary/aromatic N) is 4. The maximum atomic E-state index is 6.29. The lowest BCUT2D eigenvalue weighted by Crippen LogP contribution is -2.13. The number of anilines is 1. The maximum absolute atomic E-state index is 6.29. The van der Waals surface area contributed by atoms with Gasteiger partial charge >= 0.3 is 0 Å². The van der Waals surface area contributed by atoms with Gasteiger partial charge in [-0.3, -0.25) is 0 Å². The number of benzene rings is 2.